The van der Waals surface area contributed by atoms with Gasteiger partial charge in [0.15, 0.2) is 16.6 Å². The van der Waals surface area contributed by atoms with Crippen LogP contribution in [0, 0.1) is 6.92 Å². The maximum atomic E-state index is 12.4. The number of ether oxygens (including phenoxy) is 3. The highest BCUT2D eigenvalue weighted by molar-refractivity contribution is 7.80. The number of nitrogens with zero attached hydrogens (tertiary/aromatic N) is 1. The van der Waals surface area contributed by atoms with Crippen molar-refractivity contribution in [1.82, 2.24) is 5.43 Å². The minimum atomic E-state index is -0.499. The molecule has 0 aromatic heterocycles. The van der Waals surface area contributed by atoms with Crippen LogP contribution in [0.15, 0.2) is 71.8 Å². The highest BCUT2D eigenvalue weighted by Crippen LogP contribution is 2.28. The number of nitrogens with one attached hydrogen (secondary N) is 2. The molecule has 3 rings (SSSR count). The molecule has 3 aromatic rings. The van der Waals surface area contributed by atoms with Crippen LogP contribution in [-0.4, -0.2) is 31.5 Å². The third-order valence-electron chi connectivity index (χ3n) is 4.37. The number of methoxy groups -OCH3 is 2. The number of carbonyl (C=O) groups is 1. The van der Waals surface area contributed by atoms with Gasteiger partial charge in [0.1, 0.15) is 5.75 Å². The summed E-state index contributed by atoms with van der Waals surface area (Å²) in [5, 5.41) is 7.57. The molecule has 0 heterocycles. The molecule has 164 valence electrons. The summed E-state index contributed by atoms with van der Waals surface area (Å²) in [4.78, 5) is 12.4. The van der Waals surface area contributed by atoms with Crippen LogP contribution in [0.2, 0.25) is 0 Å². The van der Waals surface area contributed by atoms with E-state index >= 15 is 0 Å². The van der Waals surface area contributed by atoms with E-state index in [0.29, 0.717) is 27.9 Å². The van der Waals surface area contributed by atoms with Crippen LogP contribution in [-0.2, 0) is 0 Å². The Morgan fingerprint density at radius 3 is 2.41 bits per heavy atom. The topological polar surface area (TPSA) is 81.2 Å². The average Bonchev–Trinajstić information content (AvgIpc) is 2.79. The van der Waals surface area contributed by atoms with E-state index in [4.69, 9.17) is 26.4 Å². The van der Waals surface area contributed by atoms with Gasteiger partial charge in [-0.05, 0) is 84.9 Å². The van der Waals surface area contributed by atoms with Gasteiger partial charge in [0, 0.05) is 5.69 Å². The summed E-state index contributed by atoms with van der Waals surface area (Å²) in [5.41, 5.74) is 5.95. The van der Waals surface area contributed by atoms with Gasteiger partial charge in [0.25, 0.3) is 0 Å². The monoisotopic (exact) mass is 449 g/mol. The molecule has 0 fully saturated rings. The maximum absolute atomic E-state index is 12.4. The molecule has 7 nitrogen and oxygen atoms in total. The Morgan fingerprint density at radius 2 is 1.72 bits per heavy atom. The molecular weight excluding hydrogens is 426 g/mol. The number of carbonyl (C=O) groups excluding carboxylic acids is 1. The van der Waals surface area contributed by atoms with Gasteiger partial charge in [-0.2, -0.15) is 5.10 Å². The molecule has 8 heteroatoms. The van der Waals surface area contributed by atoms with Crippen LogP contribution in [0.3, 0.4) is 0 Å². The molecule has 32 heavy (non-hydrogen) atoms. The Bertz CT molecular complexity index is 1130. The molecule has 0 radical (unpaired) electrons. The molecule has 0 bridgehead atoms. The van der Waals surface area contributed by atoms with Crippen molar-refractivity contribution >= 4 is 35.2 Å². The van der Waals surface area contributed by atoms with Crippen molar-refractivity contribution in [3.8, 4) is 17.2 Å². The summed E-state index contributed by atoms with van der Waals surface area (Å²) in [5.74, 6) is 0.902. The van der Waals surface area contributed by atoms with Crippen molar-refractivity contribution in [3.63, 3.8) is 0 Å². The van der Waals surface area contributed by atoms with Gasteiger partial charge in [0.2, 0.25) is 0 Å². The summed E-state index contributed by atoms with van der Waals surface area (Å²) in [6, 6.07) is 19.6. The number of thiocarbonyl (C=S) groups is 1. The van der Waals surface area contributed by atoms with Crippen LogP contribution in [0.5, 0.6) is 17.2 Å². The van der Waals surface area contributed by atoms with E-state index in [9.17, 15) is 4.79 Å². The van der Waals surface area contributed by atoms with E-state index in [-0.39, 0.29) is 0 Å². The summed E-state index contributed by atoms with van der Waals surface area (Å²) >= 11 is 5.23. The Kier molecular flexibility index (Phi) is 7.77. The molecule has 0 spiro atoms. The van der Waals surface area contributed by atoms with Crippen LogP contribution >= 0.6 is 12.2 Å². The van der Waals surface area contributed by atoms with Crippen molar-refractivity contribution in [2.24, 2.45) is 5.10 Å². The Balaban J connectivity index is 1.54. The number of aryl methyl sites for hydroxylation is 1. The number of rotatable bonds is 7. The lowest BCUT2D eigenvalue weighted by Crippen LogP contribution is -2.23. The summed E-state index contributed by atoms with van der Waals surface area (Å²) < 4.78 is 15.8. The first-order valence-corrected chi connectivity index (χ1v) is 10.1. The lowest BCUT2D eigenvalue weighted by molar-refractivity contribution is 0.0734. The highest BCUT2D eigenvalue weighted by atomic mass is 32.1. The van der Waals surface area contributed by atoms with Crippen molar-refractivity contribution in [1.29, 1.82) is 0 Å². The summed E-state index contributed by atoms with van der Waals surface area (Å²) in [6.45, 7) is 2.01. The molecule has 0 saturated carbocycles. The third-order valence-corrected chi connectivity index (χ3v) is 4.56. The van der Waals surface area contributed by atoms with Crippen LogP contribution < -0.4 is 25.0 Å². The van der Waals surface area contributed by atoms with Gasteiger partial charge in [-0.15, -0.1) is 0 Å². The molecule has 2 N–H and O–H groups in total. The molecule has 0 aliphatic carbocycles. The number of hydrazone groups is 1. The van der Waals surface area contributed by atoms with E-state index in [1.165, 1.54) is 14.2 Å². The fourth-order valence-electron chi connectivity index (χ4n) is 2.80. The molecular formula is C24H23N3O4S. The highest BCUT2D eigenvalue weighted by Gasteiger charge is 2.12. The SMILES string of the molecule is COc1ccc(C(=O)Oc2ccc(C=NNC(=S)Nc3cccc(C)c3)cc2)cc1OC. The first-order valence-electron chi connectivity index (χ1n) is 9.69. The minimum absolute atomic E-state index is 0.354. The standard InChI is InChI=1S/C24H23N3O4S/c1-16-5-4-6-19(13-16)26-24(32)27-25-15-17-7-10-20(11-8-17)31-23(28)18-9-12-21(29-2)22(14-18)30-3/h4-15H,1-3H3,(H2,26,27,32). The number of hydrogen-bond acceptors (Lipinski definition) is 6. The van der Waals surface area contributed by atoms with Crippen molar-refractivity contribution < 1.29 is 19.0 Å². The van der Waals surface area contributed by atoms with Crippen molar-refractivity contribution in [2.45, 2.75) is 6.92 Å². The van der Waals surface area contributed by atoms with Crippen molar-refractivity contribution in [2.75, 3.05) is 19.5 Å². The van der Waals surface area contributed by atoms with Crippen LogP contribution in [0.25, 0.3) is 0 Å². The zero-order valence-electron chi connectivity index (χ0n) is 17.9. The van der Waals surface area contributed by atoms with Gasteiger partial charge < -0.3 is 19.5 Å². The Morgan fingerprint density at radius 1 is 0.969 bits per heavy atom. The van der Waals surface area contributed by atoms with Gasteiger partial charge in [-0.25, -0.2) is 4.79 Å². The molecule has 0 atom stereocenters. The molecule has 0 saturated heterocycles. The van der Waals surface area contributed by atoms with E-state index in [1.807, 2.05) is 31.2 Å². The molecule has 3 aromatic carbocycles. The molecule has 0 aliphatic heterocycles. The molecule has 0 unspecified atom stereocenters. The fraction of sp³-hybridized carbons (Fsp3) is 0.125. The van der Waals surface area contributed by atoms with E-state index in [0.717, 1.165) is 16.8 Å². The molecule has 0 amide bonds. The molecule has 0 aliphatic rings. The van der Waals surface area contributed by atoms with Crippen LogP contribution in [0.1, 0.15) is 21.5 Å². The first kappa shape index (κ1) is 22.8. The zero-order chi connectivity index (χ0) is 22.9. The summed E-state index contributed by atoms with van der Waals surface area (Å²) in [7, 11) is 3.04. The van der Waals surface area contributed by atoms with Gasteiger partial charge in [-0.3, -0.25) is 5.43 Å². The van der Waals surface area contributed by atoms with Gasteiger partial charge in [-0.1, -0.05) is 12.1 Å². The smallest absolute Gasteiger partial charge is 0.343 e. The summed E-state index contributed by atoms with van der Waals surface area (Å²) in [6.07, 6.45) is 1.62. The largest absolute Gasteiger partial charge is 0.493 e. The van der Waals surface area contributed by atoms with E-state index < -0.39 is 5.97 Å². The minimum Gasteiger partial charge on any atom is -0.493 e. The maximum Gasteiger partial charge on any atom is 0.343 e. The van der Waals surface area contributed by atoms with Crippen LogP contribution in [0.4, 0.5) is 5.69 Å². The quantitative estimate of drug-likeness (QED) is 0.180. The number of esters is 1. The average molecular weight is 450 g/mol. The zero-order valence-corrected chi connectivity index (χ0v) is 18.7. The van der Waals surface area contributed by atoms with E-state index in [2.05, 4.69) is 15.8 Å². The lowest BCUT2D eigenvalue weighted by Gasteiger charge is -2.09. The third kappa shape index (κ3) is 6.29. The fourth-order valence-corrected chi connectivity index (χ4v) is 2.97. The van der Waals surface area contributed by atoms with Crippen molar-refractivity contribution in [3.05, 3.63) is 83.4 Å². The Hall–Kier alpha value is -3.91. The number of hydrogen-bond donors (Lipinski definition) is 2. The van der Waals surface area contributed by atoms with E-state index in [1.54, 1.807) is 48.7 Å². The van der Waals surface area contributed by atoms with Gasteiger partial charge in [0.05, 0.1) is 26.0 Å². The second-order valence-corrected chi connectivity index (χ2v) is 7.13. The normalized spacial score (nSPS) is 10.5. The second-order valence-electron chi connectivity index (χ2n) is 6.72. The predicted molar refractivity (Wildman–Crippen MR) is 129 cm³/mol. The van der Waals surface area contributed by atoms with Gasteiger partial charge >= 0.3 is 5.97 Å². The number of anilines is 1. The first-order chi connectivity index (χ1) is 15.5. The number of benzene rings is 3. The Labute approximate surface area is 192 Å². The predicted octanol–water partition coefficient (Wildman–Crippen LogP) is 4.55. The lowest BCUT2D eigenvalue weighted by atomic mass is 10.2. The second kappa shape index (κ2) is 10.9.